The number of anilines is 1. The van der Waals surface area contributed by atoms with Gasteiger partial charge in [-0.15, -0.1) is 0 Å². The van der Waals surface area contributed by atoms with Crippen LogP contribution in [0.1, 0.15) is 44.1 Å². The first-order valence-electron chi connectivity index (χ1n) is 6.65. The summed E-state index contributed by atoms with van der Waals surface area (Å²) in [4.78, 5) is 4.11. The van der Waals surface area contributed by atoms with Gasteiger partial charge in [-0.1, -0.05) is 37.3 Å². The van der Waals surface area contributed by atoms with Crippen molar-refractivity contribution in [2.45, 2.75) is 44.1 Å². The van der Waals surface area contributed by atoms with E-state index in [4.69, 9.17) is 16.9 Å². The number of aliphatic hydroxyl groups is 1. The summed E-state index contributed by atoms with van der Waals surface area (Å²) in [6.07, 6.45) is 6.12. The van der Waals surface area contributed by atoms with Gasteiger partial charge in [0.1, 0.15) is 11.0 Å². The molecule has 0 spiro atoms. The molecule has 0 saturated heterocycles. The summed E-state index contributed by atoms with van der Waals surface area (Å²) in [5.41, 5.74) is -0.205. The first-order valence-corrected chi connectivity index (χ1v) is 7.03. The average molecular weight is 280 g/mol. The Morgan fingerprint density at radius 2 is 2.00 bits per heavy atom. The average Bonchev–Trinajstić information content (AvgIpc) is 2.61. The van der Waals surface area contributed by atoms with Crippen LogP contribution >= 0.6 is 11.6 Å². The zero-order chi connectivity index (χ0) is 13.7. The molecule has 102 valence electrons. The zero-order valence-electron chi connectivity index (χ0n) is 10.8. The maximum Gasteiger partial charge on any atom is 0.132 e. The molecule has 0 aromatic carbocycles. The van der Waals surface area contributed by atoms with E-state index >= 15 is 0 Å². The maximum absolute atomic E-state index is 10.5. The standard InChI is InChI=1S/C14H18ClN3O/c15-12-7-11(9-16)8-13(18-12)17-10-14(19)5-3-1-2-4-6-14/h7-8,19H,1-6,10H2,(H,17,18). The van der Waals surface area contributed by atoms with E-state index in [1.807, 2.05) is 6.07 Å². The summed E-state index contributed by atoms with van der Waals surface area (Å²) in [5.74, 6) is 0.543. The summed E-state index contributed by atoms with van der Waals surface area (Å²) in [5, 5.41) is 22.8. The van der Waals surface area contributed by atoms with E-state index in [0.717, 1.165) is 25.7 Å². The topological polar surface area (TPSA) is 68.9 Å². The van der Waals surface area contributed by atoms with Gasteiger partial charge in [0.2, 0.25) is 0 Å². The van der Waals surface area contributed by atoms with Crippen LogP contribution in [-0.2, 0) is 0 Å². The highest BCUT2D eigenvalue weighted by Gasteiger charge is 2.27. The third kappa shape index (κ3) is 4.09. The molecule has 5 heteroatoms. The lowest BCUT2D eigenvalue weighted by atomic mass is 9.94. The molecule has 1 aromatic rings. The number of nitriles is 1. The lowest BCUT2D eigenvalue weighted by Gasteiger charge is -2.27. The Morgan fingerprint density at radius 3 is 2.63 bits per heavy atom. The highest BCUT2D eigenvalue weighted by atomic mass is 35.5. The Morgan fingerprint density at radius 1 is 1.32 bits per heavy atom. The number of halogens is 1. The molecule has 4 nitrogen and oxygen atoms in total. The molecular formula is C14H18ClN3O. The summed E-state index contributed by atoms with van der Waals surface area (Å²) in [6.45, 7) is 0.450. The van der Waals surface area contributed by atoms with Crippen molar-refractivity contribution < 1.29 is 5.11 Å². The third-order valence-electron chi connectivity index (χ3n) is 3.56. The fourth-order valence-corrected chi connectivity index (χ4v) is 2.68. The Bertz CT molecular complexity index is 476. The molecule has 1 fully saturated rings. The van der Waals surface area contributed by atoms with E-state index < -0.39 is 5.60 Å². The van der Waals surface area contributed by atoms with Crippen LogP contribution in [0.4, 0.5) is 5.82 Å². The maximum atomic E-state index is 10.5. The number of rotatable bonds is 3. The molecular weight excluding hydrogens is 262 g/mol. The van der Waals surface area contributed by atoms with Gasteiger partial charge in [0.15, 0.2) is 0 Å². The summed E-state index contributed by atoms with van der Waals surface area (Å²) in [6, 6.07) is 5.20. The van der Waals surface area contributed by atoms with Crippen LogP contribution in [0.15, 0.2) is 12.1 Å². The lowest BCUT2D eigenvalue weighted by molar-refractivity contribution is 0.0380. The van der Waals surface area contributed by atoms with Gasteiger partial charge in [0.05, 0.1) is 17.2 Å². The lowest BCUT2D eigenvalue weighted by Crippen LogP contribution is -2.36. The zero-order valence-corrected chi connectivity index (χ0v) is 11.6. The van der Waals surface area contributed by atoms with Crippen molar-refractivity contribution in [3.8, 4) is 6.07 Å². The second-order valence-electron chi connectivity index (χ2n) is 5.17. The second-order valence-corrected chi connectivity index (χ2v) is 5.55. The molecule has 19 heavy (non-hydrogen) atoms. The number of nitrogens with zero attached hydrogens (tertiary/aromatic N) is 2. The smallest absolute Gasteiger partial charge is 0.132 e. The number of pyridine rings is 1. The Hall–Kier alpha value is -1.31. The van der Waals surface area contributed by atoms with E-state index in [1.165, 1.54) is 18.9 Å². The minimum Gasteiger partial charge on any atom is -0.388 e. The van der Waals surface area contributed by atoms with E-state index in [9.17, 15) is 5.11 Å². The molecule has 0 radical (unpaired) electrons. The van der Waals surface area contributed by atoms with Gasteiger partial charge in [0, 0.05) is 6.54 Å². The third-order valence-corrected chi connectivity index (χ3v) is 3.75. The molecule has 1 aromatic heterocycles. The van der Waals surface area contributed by atoms with Gasteiger partial charge < -0.3 is 10.4 Å². The molecule has 1 heterocycles. The van der Waals surface area contributed by atoms with Crippen LogP contribution < -0.4 is 5.32 Å². The fourth-order valence-electron chi connectivity index (χ4n) is 2.47. The van der Waals surface area contributed by atoms with E-state index in [0.29, 0.717) is 17.9 Å². The summed E-state index contributed by atoms with van der Waals surface area (Å²) < 4.78 is 0. The number of nitrogens with one attached hydrogen (secondary N) is 1. The summed E-state index contributed by atoms with van der Waals surface area (Å²) in [7, 11) is 0. The van der Waals surface area contributed by atoms with Crippen LogP contribution in [0.25, 0.3) is 0 Å². The molecule has 2 N–H and O–H groups in total. The van der Waals surface area contributed by atoms with Gasteiger partial charge in [-0.25, -0.2) is 4.98 Å². The number of aromatic nitrogens is 1. The van der Waals surface area contributed by atoms with Crippen LogP contribution in [-0.4, -0.2) is 22.2 Å². The molecule has 0 unspecified atom stereocenters. The molecule has 1 saturated carbocycles. The van der Waals surface area contributed by atoms with Crippen molar-refractivity contribution in [3.05, 3.63) is 22.8 Å². The van der Waals surface area contributed by atoms with Crippen LogP contribution in [0.5, 0.6) is 0 Å². The van der Waals surface area contributed by atoms with Crippen molar-refractivity contribution in [1.29, 1.82) is 5.26 Å². The Labute approximate surface area is 118 Å². The first-order chi connectivity index (χ1) is 9.11. The predicted octanol–water partition coefficient (Wildman–Crippen LogP) is 3.10. The van der Waals surface area contributed by atoms with Crippen molar-refractivity contribution in [2.75, 3.05) is 11.9 Å². The van der Waals surface area contributed by atoms with Crippen LogP contribution in [0.2, 0.25) is 5.15 Å². The molecule has 0 bridgehead atoms. The van der Waals surface area contributed by atoms with Crippen molar-refractivity contribution in [2.24, 2.45) is 0 Å². The van der Waals surface area contributed by atoms with Gasteiger partial charge in [-0.2, -0.15) is 5.26 Å². The minimum atomic E-state index is -0.673. The largest absolute Gasteiger partial charge is 0.388 e. The summed E-state index contributed by atoms with van der Waals surface area (Å²) >= 11 is 5.85. The quantitative estimate of drug-likeness (QED) is 0.659. The van der Waals surface area contributed by atoms with Gasteiger partial charge in [-0.3, -0.25) is 0 Å². The normalized spacial score (nSPS) is 18.4. The predicted molar refractivity (Wildman–Crippen MR) is 75.1 cm³/mol. The molecule has 0 atom stereocenters. The van der Waals surface area contributed by atoms with Gasteiger partial charge in [0.25, 0.3) is 0 Å². The molecule has 0 aliphatic heterocycles. The van der Waals surface area contributed by atoms with E-state index in [-0.39, 0.29) is 5.15 Å². The Balaban J connectivity index is 2.01. The highest BCUT2D eigenvalue weighted by Crippen LogP contribution is 2.27. The SMILES string of the molecule is N#Cc1cc(Cl)nc(NCC2(O)CCCCCC2)c1. The van der Waals surface area contributed by atoms with Crippen LogP contribution in [0.3, 0.4) is 0 Å². The molecule has 1 aliphatic carbocycles. The minimum absolute atomic E-state index is 0.286. The van der Waals surface area contributed by atoms with Gasteiger partial charge in [-0.05, 0) is 25.0 Å². The Kier molecular flexibility index (Phi) is 4.62. The number of hydrogen-bond acceptors (Lipinski definition) is 4. The second kappa shape index (κ2) is 6.23. The fraction of sp³-hybridized carbons (Fsp3) is 0.571. The molecule has 1 aliphatic rings. The first kappa shape index (κ1) is 14.1. The van der Waals surface area contributed by atoms with E-state index in [2.05, 4.69) is 10.3 Å². The number of hydrogen-bond donors (Lipinski definition) is 2. The van der Waals surface area contributed by atoms with Crippen molar-refractivity contribution in [1.82, 2.24) is 4.98 Å². The molecule has 0 amide bonds. The monoisotopic (exact) mass is 279 g/mol. The highest BCUT2D eigenvalue weighted by molar-refractivity contribution is 6.29. The van der Waals surface area contributed by atoms with Crippen molar-refractivity contribution in [3.63, 3.8) is 0 Å². The van der Waals surface area contributed by atoms with Crippen molar-refractivity contribution >= 4 is 17.4 Å². The van der Waals surface area contributed by atoms with Crippen LogP contribution in [0, 0.1) is 11.3 Å². The van der Waals surface area contributed by atoms with Gasteiger partial charge >= 0.3 is 0 Å². The van der Waals surface area contributed by atoms with E-state index in [1.54, 1.807) is 6.07 Å². The molecule has 2 rings (SSSR count).